The molecule has 0 spiro atoms. The molecule has 0 unspecified atom stereocenters. The van der Waals surface area contributed by atoms with Gasteiger partial charge in [0.2, 0.25) is 0 Å². The average molecular weight is 447 g/mol. The highest BCUT2D eigenvalue weighted by molar-refractivity contribution is 6.32. The lowest BCUT2D eigenvalue weighted by Gasteiger charge is -2.34. The van der Waals surface area contributed by atoms with Crippen molar-refractivity contribution in [3.05, 3.63) is 58.1 Å². The molecule has 1 aromatic carbocycles. The summed E-state index contributed by atoms with van der Waals surface area (Å²) in [7, 11) is 0. The number of fused-ring (bicyclic) bond motifs is 1. The molecule has 1 aromatic heterocycles. The lowest BCUT2D eigenvalue weighted by molar-refractivity contribution is 0.138. The van der Waals surface area contributed by atoms with Gasteiger partial charge in [-0.25, -0.2) is 9.18 Å². The summed E-state index contributed by atoms with van der Waals surface area (Å²) in [5.74, 6) is 0.350. The third kappa shape index (κ3) is 5.28. The number of aromatic nitrogens is 1. The minimum absolute atomic E-state index is 0.103. The van der Waals surface area contributed by atoms with Crippen LogP contribution < -0.4 is 15.4 Å². The van der Waals surface area contributed by atoms with E-state index in [1.54, 1.807) is 6.07 Å². The van der Waals surface area contributed by atoms with Gasteiger partial charge >= 0.3 is 6.03 Å². The van der Waals surface area contributed by atoms with Crippen LogP contribution >= 0.6 is 11.6 Å². The maximum absolute atomic E-state index is 13.2. The highest BCUT2D eigenvalue weighted by Gasteiger charge is 2.32. The van der Waals surface area contributed by atoms with E-state index in [9.17, 15) is 9.18 Å². The van der Waals surface area contributed by atoms with Crippen molar-refractivity contribution in [2.75, 3.05) is 13.1 Å². The van der Waals surface area contributed by atoms with Crippen LogP contribution in [-0.4, -0.2) is 40.6 Å². The van der Waals surface area contributed by atoms with Gasteiger partial charge in [-0.1, -0.05) is 17.7 Å². The Kier molecular flexibility index (Phi) is 6.34. The summed E-state index contributed by atoms with van der Waals surface area (Å²) in [4.78, 5) is 19.1. The van der Waals surface area contributed by atoms with E-state index in [0.29, 0.717) is 23.8 Å². The number of nitrogens with zero attached hydrogens (tertiary/aromatic N) is 2. The van der Waals surface area contributed by atoms with E-state index in [-0.39, 0.29) is 23.5 Å². The Morgan fingerprint density at radius 3 is 2.84 bits per heavy atom. The molecule has 1 saturated heterocycles. The number of urea groups is 1. The number of amides is 2. The predicted molar refractivity (Wildman–Crippen MR) is 118 cm³/mol. The third-order valence-corrected chi connectivity index (χ3v) is 6.03. The van der Waals surface area contributed by atoms with Crippen molar-refractivity contribution in [2.45, 2.75) is 57.8 Å². The van der Waals surface area contributed by atoms with Gasteiger partial charge in [-0.15, -0.1) is 0 Å². The van der Waals surface area contributed by atoms with Gasteiger partial charge in [0, 0.05) is 19.0 Å². The molecule has 166 valence electrons. The van der Waals surface area contributed by atoms with Crippen LogP contribution in [0.25, 0.3) is 0 Å². The first-order valence-electron chi connectivity index (χ1n) is 10.7. The molecule has 8 heteroatoms. The maximum atomic E-state index is 13.2. The van der Waals surface area contributed by atoms with E-state index in [0.717, 1.165) is 49.2 Å². The number of piperidine rings is 1. The van der Waals surface area contributed by atoms with Gasteiger partial charge in [-0.2, -0.15) is 0 Å². The van der Waals surface area contributed by atoms with Crippen LogP contribution in [-0.2, 0) is 19.5 Å². The first-order chi connectivity index (χ1) is 14.8. The zero-order chi connectivity index (χ0) is 22.0. The Morgan fingerprint density at radius 2 is 2.13 bits per heavy atom. The normalized spacial score (nSPS) is 17.7. The molecule has 2 aliphatic heterocycles. The minimum atomic E-state index is -0.387. The van der Waals surface area contributed by atoms with Gasteiger partial charge in [0.15, 0.2) is 0 Å². The van der Waals surface area contributed by atoms with Gasteiger partial charge in [0.1, 0.15) is 17.2 Å². The SMILES string of the molecule is CC1(C)Cc2cc(CNC(=O)N(Cc3ccc(F)cn3)C3CCNCC3)cc(Cl)c2O1. The zero-order valence-corrected chi connectivity index (χ0v) is 18.6. The molecule has 1 fully saturated rings. The fourth-order valence-corrected chi connectivity index (χ4v) is 4.57. The second-order valence-electron chi connectivity index (χ2n) is 8.84. The van der Waals surface area contributed by atoms with Crippen LogP contribution in [0.4, 0.5) is 9.18 Å². The van der Waals surface area contributed by atoms with E-state index in [1.165, 1.54) is 12.3 Å². The molecule has 3 heterocycles. The highest BCUT2D eigenvalue weighted by Crippen LogP contribution is 2.40. The lowest BCUT2D eigenvalue weighted by Crippen LogP contribution is -2.49. The highest BCUT2D eigenvalue weighted by atomic mass is 35.5. The molecule has 0 bridgehead atoms. The predicted octanol–water partition coefficient (Wildman–Crippen LogP) is 4.05. The number of hydrogen-bond acceptors (Lipinski definition) is 4. The van der Waals surface area contributed by atoms with Crippen molar-refractivity contribution < 1.29 is 13.9 Å². The second kappa shape index (κ2) is 9.01. The third-order valence-electron chi connectivity index (χ3n) is 5.75. The van der Waals surface area contributed by atoms with Crippen molar-refractivity contribution in [3.8, 4) is 5.75 Å². The maximum Gasteiger partial charge on any atom is 0.318 e. The second-order valence-corrected chi connectivity index (χ2v) is 9.25. The summed E-state index contributed by atoms with van der Waals surface area (Å²) < 4.78 is 19.2. The summed E-state index contributed by atoms with van der Waals surface area (Å²) in [6, 6.07) is 6.83. The van der Waals surface area contributed by atoms with E-state index in [4.69, 9.17) is 16.3 Å². The van der Waals surface area contributed by atoms with Gasteiger partial charge < -0.3 is 20.3 Å². The van der Waals surface area contributed by atoms with Gasteiger partial charge in [-0.05, 0) is 69.1 Å². The van der Waals surface area contributed by atoms with E-state index in [2.05, 4.69) is 15.6 Å². The topological polar surface area (TPSA) is 66.5 Å². The van der Waals surface area contributed by atoms with Gasteiger partial charge in [0.05, 0.1) is 23.5 Å². The number of carbonyl (C=O) groups is 1. The number of halogens is 2. The summed E-state index contributed by atoms with van der Waals surface area (Å²) in [6.45, 7) is 6.49. The van der Waals surface area contributed by atoms with Crippen LogP contribution in [0.5, 0.6) is 5.75 Å². The first kappa shape index (κ1) is 21.8. The lowest BCUT2D eigenvalue weighted by atomic mass is 10.00. The first-order valence-corrected chi connectivity index (χ1v) is 11.0. The largest absolute Gasteiger partial charge is 0.486 e. The molecule has 2 amide bonds. The Hall–Kier alpha value is -2.38. The molecule has 0 radical (unpaired) electrons. The van der Waals surface area contributed by atoms with Crippen molar-refractivity contribution in [3.63, 3.8) is 0 Å². The fraction of sp³-hybridized carbons (Fsp3) is 0.478. The summed E-state index contributed by atoms with van der Waals surface area (Å²) in [5.41, 5.74) is 2.38. The molecule has 0 aliphatic carbocycles. The number of rotatable bonds is 5. The van der Waals surface area contributed by atoms with Crippen molar-refractivity contribution >= 4 is 17.6 Å². The zero-order valence-electron chi connectivity index (χ0n) is 17.9. The molecule has 31 heavy (non-hydrogen) atoms. The summed E-state index contributed by atoms with van der Waals surface area (Å²) in [6.07, 6.45) is 3.70. The number of benzene rings is 1. The number of ether oxygens (including phenoxy) is 1. The standard InChI is InChI=1S/C23H28ClFN4O2/c1-23(2)11-16-9-15(10-20(24)21(16)31-23)12-28-22(30)29(19-5-7-26-8-6-19)14-18-4-3-17(25)13-27-18/h3-4,9-10,13,19,26H,5-8,11-12,14H2,1-2H3,(H,28,30). The van der Waals surface area contributed by atoms with Crippen LogP contribution in [0.15, 0.2) is 30.5 Å². The number of pyridine rings is 1. The molecule has 0 saturated carbocycles. The average Bonchev–Trinajstić information content (AvgIpc) is 3.07. The smallest absolute Gasteiger partial charge is 0.318 e. The molecular formula is C23H28ClFN4O2. The van der Waals surface area contributed by atoms with E-state index >= 15 is 0 Å². The Morgan fingerprint density at radius 1 is 1.35 bits per heavy atom. The van der Waals surface area contributed by atoms with E-state index < -0.39 is 0 Å². The minimum Gasteiger partial charge on any atom is -0.486 e. The van der Waals surface area contributed by atoms with Crippen LogP contribution in [0.3, 0.4) is 0 Å². The van der Waals surface area contributed by atoms with Crippen molar-refractivity contribution in [1.29, 1.82) is 0 Å². The fourth-order valence-electron chi connectivity index (χ4n) is 4.27. The number of carbonyl (C=O) groups excluding carboxylic acids is 1. The monoisotopic (exact) mass is 446 g/mol. The Bertz CT molecular complexity index is 945. The molecule has 6 nitrogen and oxygen atoms in total. The van der Waals surface area contributed by atoms with Crippen LogP contribution in [0.2, 0.25) is 5.02 Å². The number of nitrogens with one attached hydrogen (secondary N) is 2. The molecule has 2 aliphatic rings. The molecule has 2 aromatic rings. The molecule has 2 N–H and O–H groups in total. The van der Waals surface area contributed by atoms with E-state index in [1.807, 2.05) is 30.9 Å². The van der Waals surface area contributed by atoms with Crippen LogP contribution in [0, 0.1) is 5.82 Å². The van der Waals surface area contributed by atoms with Crippen LogP contribution in [0.1, 0.15) is 43.5 Å². The Labute approximate surface area is 187 Å². The number of hydrogen-bond donors (Lipinski definition) is 2. The summed E-state index contributed by atoms with van der Waals surface area (Å²) >= 11 is 6.43. The molecule has 4 rings (SSSR count). The van der Waals surface area contributed by atoms with Gasteiger partial charge in [-0.3, -0.25) is 4.98 Å². The summed E-state index contributed by atoms with van der Waals surface area (Å²) in [5, 5.41) is 6.92. The van der Waals surface area contributed by atoms with Gasteiger partial charge in [0.25, 0.3) is 0 Å². The quantitative estimate of drug-likeness (QED) is 0.727. The Balaban J connectivity index is 1.46. The molecule has 0 atom stereocenters. The molecular weight excluding hydrogens is 419 g/mol. The van der Waals surface area contributed by atoms with Crippen molar-refractivity contribution in [1.82, 2.24) is 20.5 Å². The van der Waals surface area contributed by atoms with Crippen molar-refractivity contribution in [2.24, 2.45) is 0 Å².